The van der Waals surface area contributed by atoms with E-state index >= 15 is 0 Å². The van der Waals surface area contributed by atoms with Crippen LogP contribution in [0.25, 0.3) is 10.9 Å². The van der Waals surface area contributed by atoms with E-state index in [1.165, 1.54) is 17.5 Å². The number of aryl methyl sites for hydroxylation is 1. The number of hydrogen-bond donors (Lipinski definition) is 2. The molecule has 0 aliphatic heterocycles. The number of fused-ring (bicyclic) bond motifs is 2. The van der Waals surface area contributed by atoms with Crippen molar-refractivity contribution >= 4 is 33.9 Å². The average Bonchev–Trinajstić information content (AvgIpc) is 2.68. The molecule has 5 heteroatoms. The second-order valence-corrected chi connectivity index (χ2v) is 6.87. The van der Waals surface area contributed by atoms with Crippen LogP contribution in [0, 0.1) is 0 Å². The molecule has 2 aromatic carbocycles. The minimum absolute atomic E-state index is 0.252. The third kappa shape index (κ3) is 3.22. The van der Waals surface area contributed by atoms with Crippen molar-refractivity contribution in [3.63, 3.8) is 0 Å². The van der Waals surface area contributed by atoms with E-state index in [-0.39, 0.29) is 6.04 Å². The van der Waals surface area contributed by atoms with Crippen molar-refractivity contribution in [2.45, 2.75) is 25.3 Å². The molecule has 0 bridgehead atoms. The molecular formula is C21H21N3OS. The Morgan fingerprint density at radius 3 is 2.92 bits per heavy atom. The number of ether oxygens (including phenoxy) is 1. The molecular weight excluding hydrogens is 342 g/mol. The lowest BCUT2D eigenvalue weighted by atomic mass is 9.88. The molecule has 26 heavy (non-hydrogen) atoms. The summed E-state index contributed by atoms with van der Waals surface area (Å²) in [6, 6.07) is 16.7. The lowest BCUT2D eigenvalue weighted by Crippen LogP contribution is -2.34. The van der Waals surface area contributed by atoms with Crippen LogP contribution in [-0.4, -0.2) is 17.2 Å². The summed E-state index contributed by atoms with van der Waals surface area (Å²) in [6.07, 6.45) is 5.17. The van der Waals surface area contributed by atoms with Crippen LogP contribution in [0.15, 0.2) is 54.7 Å². The van der Waals surface area contributed by atoms with Crippen LogP contribution in [-0.2, 0) is 6.42 Å². The number of thiocarbonyl (C=S) groups is 1. The first-order valence-corrected chi connectivity index (χ1v) is 9.24. The maximum atomic E-state index is 5.60. The van der Waals surface area contributed by atoms with Crippen molar-refractivity contribution in [1.82, 2.24) is 10.3 Å². The molecule has 0 saturated carbocycles. The number of hydrogen-bond acceptors (Lipinski definition) is 3. The van der Waals surface area contributed by atoms with E-state index < -0.39 is 0 Å². The molecule has 0 saturated heterocycles. The van der Waals surface area contributed by atoms with Gasteiger partial charge in [0.05, 0.1) is 13.2 Å². The lowest BCUT2D eigenvalue weighted by molar-refractivity contribution is 0.419. The van der Waals surface area contributed by atoms with Gasteiger partial charge in [-0.2, -0.15) is 0 Å². The number of aromatic nitrogens is 1. The topological polar surface area (TPSA) is 46.2 Å². The largest absolute Gasteiger partial charge is 0.494 e. The Morgan fingerprint density at radius 2 is 2.04 bits per heavy atom. The van der Waals surface area contributed by atoms with Crippen molar-refractivity contribution < 1.29 is 4.74 Å². The van der Waals surface area contributed by atoms with Crippen LogP contribution in [0.5, 0.6) is 5.75 Å². The monoisotopic (exact) mass is 363 g/mol. The van der Waals surface area contributed by atoms with E-state index in [0.29, 0.717) is 5.11 Å². The van der Waals surface area contributed by atoms with Gasteiger partial charge >= 0.3 is 0 Å². The molecule has 3 aromatic rings. The normalized spacial score (nSPS) is 16.0. The molecule has 1 heterocycles. The zero-order valence-electron chi connectivity index (χ0n) is 14.7. The van der Waals surface area contributed by atoms with Crippen LogP contribution >= 0.6 is 12.2 Å². The van der Waals surface area contributed by atoms with Crippen LogP contribution in [0.4, 0.5) is 5.69 Å². The smallest absolute Gasteiger partial charge is 0.171 e. The maximum absolute atomic E-state index is 5.60. The zero-order chi connectivity index (χ0) is 17.9. The molecule has 0 fully saturated rings. The lowest BCUT2D eigenvalue weighted by Gasteiger charge is -2.27. The summed E-state index contributed by atoms with van der Waals surface area (Å²) in [6.45, 7) is 0. The highest BCUT2D eigenvalue weighted by molar-refractivity contribution is 7.80. The maximum Gasteiger partial charge on any atom is 0.171 e. The Balaban J connectivity index is 1.56. The third-order valence-corrected chi connectivity index (χ3v) is 5.10. The van der Waals surface area contributed by atoms with Crippen molar-refractivity contribution in [2.24, 2.45) is 0 Å². The van der Waals surface area contributed by atoms with E-state index in [4.69, 9.17) is 17.0 Å². The first-order chi connectivity index (χ1) is 12.8. The highest BCUT2D eigenvalue weighted by Crippen LogP contribution is 2.31. The molecule has 4 nitrogen and oxygen atoms in total. The van der Waals surface area contributed by atoms with Gasteiger partial charge in [0.1, 0.15) is 11.3 Å². The first-order valence-electron chi connectivity index (χ1n) is 8.83. The molecule has 0 amide bonds. The van der Waals surface area contributed by atoms with Crippen LogP contribution in [0.3, 0.4) is 0 Å². The molecule has 1 aromatic heterocycles. The van der Waals surface area contributed by atoms with Gasteiger partial charge in [0, 0.05) is 17.3 Å². The van der Waals surface area contributed by atoms with Gasteiger partial charge in [-0.3, -0.25) is 4.98 Å². The minimum atomic E-state index is 0.252. The Kier molecular flexibility index (Phi) is 4.71. The van der Waals surface area contributed by atoms with Crippen LogP contribution < -0.4 is 15.4 Å². The number of nitrogens with zero attached hydrogens (tertiary/aromatic N) is 1. The predicted octanol–water partition coefficient (Wildman–Crippen LogP) is 4.61. The number of rotatable bonds is 3. The van der Waals surface area contributed by atoms with Crippen molar-refractivity contribution in [1.29, 1.82) is 0 Å². The van der Waals surface area contributed by atoms with Gasteiger partial charge in [0.25, 0.3) is 0 Å². The second kappa shape index (κ2) is 7.30. The third-order valence-electron chi connectivity index (χ3n) is 4.88. The summed E-state index contributed by atoms with van der Waals surface area (Å²) in [7, 11) is 1.66. The number of nitrogens with one attached hydrogen (secondary N) is 2. The highest BCUT2D eigenvalue weighted by Gasteiger charge is 2.20. The fourth-order valence-electron chi connectivity index (χ4n) is 3.64. The zero-order valence-corrected chi connectivity index (χ0v) is 15.5. The van der Waals surface area contributed by atoms with Gasteiger partial charge in [-0.25, -0.2) is 0 Å². The second-order valence-electron chi connectivity index (χ2n) is 6.46. The van der Waals surface area contributed by atoms with Gasteiger partial charge < -0.3 is 15.4 Å². The fourth-order valence-corrected chi connectivity index (χ4v) is 3.89. The number of benzene rings is 2. The molecule has 0 radical (unpaired) electrons. The molecule has 0 spiro atoms. The summed E-state index contributed by atoms with van der Waals surface area (Å²) >= 11 is 5.60. The summed E-state index contributed by atoms with van der Waals surface area (Å²) in [5.41, 5.74) is 4.52. The van der Waals surface area contributed by atoms with E-state index in [1.54, 1.807) is 13.3 Å². The Morgan fingerprint density at radius 1 is 1.15 bits per heavy atom. The van der Waals surface area contributed by atoms with Crippen molar-refractivity contribution in [2.75, 3.05) is 12.4 Å². The Bertz CT molecular complexity index is 957. The van der Waals surface area contributed by atoms with Gasteiger partial charge in [0.2, 0.25) is 0 Å². The SMILES string of the molecule is COc1ccc(NC(=S)NC2CCCc3ccccc32)c2cccnc12. The quantitative estimate of drug-likeness (QED) is 0.666. The number of methoxy groups -OCH3 is 1. The molecule has 1 aliphatic rings. The molecule has 1 unspecified atom stereocenters. The van der Waals surface area contributed by atoms with Crippen molar-refractivity contribution in [3.05, 3.63) is 65.9 Å². The Labute approximate surface area is 158 Å². The van der Waals surface area contributed by atoms with E-state index in [1.807, 2.05) is 24.3 Å². The van der Waals surface area contributed by atoms with Gasteiger partial charge in [0.15, 0.2) is 5.11 Å². The summed E-state index contributed by atoms with van der Waals surface area (Å²) < 4.78 is 5.41. The van der Waals surface area contributed by atoms with Crippen molar-refractivity contribution in [3.8, 4) is 5.75 Å². The van der Waals surface area contributed by atoms with Crippen LogP contribution in [0.1, 0.15) is 30.0 Å². The number of anilines is 1. The summed E-state index contributed by atoms with van der Waals surface area (Å²) in [5.74, 6) is 0.756. The molecule has 1 atom stereocenters. The van der Waals surface area contributed by atoms with Gasteiger partial charge in [-0.05, 0) is 66.9 Å². The standard InChI is InChI=1S/C21H21N3OS/c1-25-19-12-11-18(16-9-5-13-22-20(16)19)24-21(26)23-17-10-4-7-14-6-2-3-8-15(14)17/h2-3,5-6,8-9,11-13,17H,4,7,10H2,1H3,(H2,23,24,26). The van der Waals surface area contributed by atoms with Gasteiger partial charge in [-0.15, -0.1) is 0 Å². The van der Waals surface area contributed by atoms with E-state index in [2.05, 4.69) is 39.9 Å². The summed E-state index contributed by atoms with van der Waals surface area (Å²) in [4.78, 5) is 4.44. The molecule has 132 valence electrons. The minimum Gasteiger partial charge on any atom is -0.494 e. The highest BCUT2D eigenvalue weighted by atomic mass is 32.1. The Hall–Kier alpha value is -2.66. The van der Waals surface area contributed by atoms with E-state index in [0.717, 1.165) is 35.2 Å². The predicted molar refractivity (Wildman–Crippen MR) is 110 cm³/mol. The summed E-state index contributed by atoms with van der Waals surface area (Å²) in [5, 5.41) is 8.44. The average molecular weight is 363 g/mol. The molecule has 4 rings (SSSR count). The van der Waals surface area contributed by atoms with Crippen LogP contribution in [0.2, 0.25) is 0 Å². The van der Waals surface area contributed by atoms with Gasteiger partial charge in [-0.1, -0.05) is 24.3 Å². The molecule has 1 aliphatic carbocycles. The van der Waals surface area contributed by atoms with E-state index in [9.17, 15) is 0 Å². The first kappa shape index (κ1) is 16.8. The molecule has 2 N–H and O–H groups in total. The fraction of sp³-hybridized carbons (Fsp3) is 0.238. The number of pyridine rings is 1.